The molecule has 1 aromatic carbocycles. The first-order valence-electron chi connectivity index (χ1n) is 6.48. The molecular weight excluding hydrogens is 222 g/mol. The summed E-state index contributed by atoms with van der Waals surface area (Å²) in [5.74, 6) is 3.74. The molecule has 1 atom stereocenters. The molecule has 0 fully saturated rings. The van der Waals surface area contributed by atoms with Gasteiger partial charge >= 0.3 is 0 Å². The van der Waals surface area contributed by atoms with E-state index in [0.29, 0.717) is 6.04 Å². The lowest BCUT2D eigenvalue weighted by atomic mass is 9.86. The fraction of sp³-hybridized carbons (Fsp3) is 0.500. The number of aryl methyl sites for hydroxylation is 1. The summed E-state index contributed by atoms with van der Waals surface area (Å²) >= 11 is 0. The highest BCUT2D eigenvalue weighted by atomic mass is 16.5. The molecule has 1 N–H and O–H groups in total. The smallest absolute Gasteiger partial charge is 0.119 e. The van der Waals surface area contributed by atoms with Crippen molar-refractivity contribution in [3.63, 3.8) is 0 Å². The average Bonchev–Trinajstić information content (AvgIpc) is 2.38. The maximum atomic E-state index is 5.56. The van der Waals surface area contributed by atoms with Crippen LogP contribution >= 0.6 is 0 Å². The number of hydrogen-bond donors (Lipinski definition) is 1. The lowest BCUT2D eigenvalue weighted by Gasteiger charge is -2.32. The Morgan fingerprint density at radius 1 is 1.44 bits per heavy atom. The molecule has 2 nitrogen and oxygen atoms in total. The zero-order valence-corrected chi connectivity index (χ0v) is 11.4. The van der Waals surface area contributed by atoms with E-state index >= 15 is 0 Å². The number of benzene rings is 1. The fourth-order valence-corrected chi connectivity index (χ4v) is 2.54. The number of hydrogen-bond acceptors (Lipinski definition) is 2. The second kappa shape index (κ2) is 5.04. The van der Waals surface area contributed by atoms with Crippen molar-refractivity contribution >= 4 is 0 Å². The second-order valence-electron chi connectivity index (χ2n) is 5.42. The quantitative estimate of drug-likeness (QED) is 0.824. The molecule has 0 amide bonds. The van der Waals surface area contributed by atoms with E-state index in [9.17, 15) is 0 Å². The maximum Gasteiger partial charge on any atom is 0.119 e. The van der Waals surface area contributed by atoms with Crippen LogP contribution in [0.5, 0.6) is 5.75 Å². The zero-order valence-electron chi connectivity index (χ0n) is 11.4. The molecular formula is C16H21NO. The molecule has 2 rings (SSSR count). The molecule has 0 saturated heterocycles. The summed E-state index contributed by atoms with van der Waals surface area (Å²) in [4.78, 5) is 0. The Morgan fingerprint density at radius 3 is 2.89 bits per heavy atom. The van der Waals surface area contributed by atoms with Crippen LogP contribution in [-0.4, -0.2) is 12.6 Å². The molecule has 0 aliphatic heterocycles. The van der Waals surface area contributed by atoms with Crippen molar-refractivity contribution in [2.75, 3.05) is 7.11 Å². The third kappa shape index (κ3) is 2.68. The van der Waals surface area contributed by atoms with E-state index in [4.69, 9.17) is 11.2 Å². The Labute approximate surface area is 110 Å². The SMILES string of the molecule is C#CC(C)(C)NC1CCCc2cc(OC)ccc21. The van der Waals surface area contributed by atoms with Gasteiger partial charge in [0.25, 0.3) is 0 Å². The number of ether oxygens (including phenoxy) is 1. The van der Waals surface area contributed by atoms with Gasteiger partial charge in [-0.1, -0.05) is 12.0 Å². The predicted octanol–water partition coefficient (Wildman–Crippen LogP) is 3.07. The first kappa shape index (κ1) is 13.0. The summed E-state index contributed by atoms with van der Waals surface area (Å²) < 4.78 is 5.28. The molecule has 1 aliphatic carbocycles. The molecule has 1 unspecified atom stereocenters. The molecule has 2 heteroatoms. The van der Waals surface area contributed by atoms with Crippen molar-refractivity contribution in [2.24, 2.45) is 0 Å². The Hall–Kier alpha value is -1.46. The van der Waals surface area contributed by atoms with Gasteiger partial charge < -0.3 is 4.74 Å². The van der Waals surface area contributed by atoms with E-state index in [0.717, 1.165) is 18.6 Å². The van der Waals surface area contributed by atoms with Gasteiger partial charge in [-0.15, -0.1) is 6.42 Å². The highest BCUT2D eigenvalue weighted by Gasteiger charge is 2.25. The number of fused-ring (bicyclic) bond motifs is 1. The van der Waals surface area contributed by atoms with Crippen LogP contribution in [0.2, 0.25) is 0 Å². The topological polar surface area (TPSA) is 21.3 Å². The van der Waals surface area contributed by atoms with Gasteiger partial charge in [-0.05, 0) is 56.4 Å². The molecule has 0 saturated carbocycles. The van der Waals surface area contributed by atoms with Gasteiger partial charge in [-0.3, -0.25) is 5.32 Å². The van der Waals surface area contributed by atoms with E-state index in [-0.39, 0.29) is 5.54 Å². The fourth-order valence-electron chi connectivity index (χ4n) is 2.54. The molecule has 18 heavy (non-hydrogen) atoms. The summed E-state index contributed by atoms with van der Waals surface area (Å²) in [6.07, 6.45) is 9.02. The minimum absolute atomic E-state index is 0.265. The Kier molecular flexibility index (Phi) is 3.63. The number of terminal acetylenes is 1. The maximum absolute atomic E-state index is 5.56. The molecule has 0 aromatic heterocycles. The summed E-state index contributed by atoms with van der Waals surface area (Å²) in [5, 5.41) is 3.56. The van der Waals surface area contributed by atoms with E-state index in [1.807, 2.05) is 19.9 Å². The molecule has 0 radical (unpaired) electrons. The second-order valence-corrected chi connectivity index (χ2v) is 5.42. The van der Waals surface area contributed by atoms with Crippen molar-refractivity contribution < 1.29 is 4.74 Å². The van der Waals surface area contributed by atoms with Crippen molar-refractivity contribution in [3.05, 3.63) is 29.3 Å². The van der Waals surface area contributed by atoms with Gasteiger partial charge in [0.05, 0.1) is 12.6 Å². The summed E-state index contributed by atoms with van der Waals surface area (Å²) in [6, 6.07) is 6.69. The largest absolute Gasteiger partial charge is 0.497 e. The van der Waals surface area contributed by atoms with Crippen LogP contribution in [0.25, 0.3) is 0 Å². The van der Waals surface area contributed by atoms with Crippen molar-refractivity contribution in [1.82, 2.24) is 5.32 Å². The molecule has 0 bridgehead atoms. The Balaban J connectivity index is 2.26. The van der Waals surface area contributed by atoms with Crippen molar-refractivity contribution in [1.29, 1.82) is 0 Å². The normalized spacial score (nSPS) is 18.9. The summed E-state index contributed by atoms with van der Waals surface area (Å²) in [7, 11) is 1.71. The van der Waals surface area contributed by atoms with E-state index < -0.39 is 0 Å². The highest BCUT2D eigenvalue weighted by Crippen LogP contribution is 2.33. The summed E-state index contributed by atoms with van der Waals surface area (Å²) in [5.41, 5.74) is 2.48. The van der Waals surface area contributed by atoms with Crippen LogP contribution in [0, 0.1) is 12.3 Å². The number of rotatable bonds is 3. The Morgan fingerprint density at radius 2 is 2.22 bits per heavy atom. The first-order valence-corrected chi connectivity index (χ1v) is 6.48. The van der Waals surface area contributed by atoms with Crippen LogP contribution in [0.15, 0.2) is 18.2 Å². The van der Waals surface area contributed by atoms with Crippen LogP contribution in [-0.2, 0) is 6.42 Å². The molecule has 1 aliphatic rings. The predicted molar refractivity (Wildman–Crippen MR) is 74.7 cm³/mol. The lowest BCUT2D eigenvalue weighted by Crippen LogP contribution is -2.41. The van der Waals surface area contributed by atoms with Gasteiger partial charge in [0, 0.05) is 6.04 Å². The minimum atomic E-state index is -0.265. The zero-order chi connectivity index (χ0) is 13.2. The highest BCUT2D eigenvalue weighted by molar-refractivity contribution is 5.39. The van der Waals surface area contributed by atoms with Gasteiger partial charge in [0.2, 0.25) is 0 Å². The molecule has 96 valence electrons. The molecule has 0 heterocycles. The van der Waals surface area contributed by atoms with Gasteiger partial charge in [0.15, 0.2) is 0 Å². The lowest BCUT2D eigenvalue weighted by molar-refractivity contribution is 0.372. The Bertz CT molecular complexity index is 470. The summed E-state index contributed by atoms with van der Waals surface area (Å²) in [6.45, 7) is 4.09. The monoisotopic (exact) mass is 243 g/mol. The van der Waals surface area contributed by atoms with E-state index in [2.05, 4.69) is 23.4 Å². The van der Waals surface area contributed by atoms with Gasteiger partial charge in [-0.25, -0.2) is 0 Å². The van der Waals surface area contributed by atoms with Gasteiger partial charge in [0.1, 0.15) is 5.75 Å². The van der Waals surface area contributed by atoms with Gasteiger partial charge in [-0.2, -0.15) is 0 Å². The molecule has 0 spiro atoms. The molecule has 1 aromatic rings. The first-order chi connectivity index (χ1) is 8.55. The standard InChI is InChI=1S/C16H21NO/c1-5-16(2,3)17-15-8-6-7-12-11-13(18-4)9-10-14(12)15/h1,9-11,15,17H,6-8H2,2-4H3. The average molecular weight is 243 g/mol. The number of methoxy groups -OCH3 is 1. The third-order valence-corrected chi connectivity index (χ3v) is 3.56. The van der Waals surface area contributed by atoms with Crippen LogP contribution < -0.4 is 10.1 Å². The van der Waals surface area contributed by atoms with Crippen molar-refractivity contribution in [2.45, 2.75) is 44.7 Å². The van der Waals surface area contributed by atoms with Crippen LogP contribution in [0.4, 0.5) is 0 Å². The number of nitrogens with one attached hydrogen (secondary N) is 1. The van der Waals surface area contributed by atoms with E-state index in [1.165, 1.54) is 17.5 Å². The third-order valence-electron chi connectivity index (χ3n) is 3.56. The van der Waals surface area contributed by atoms with Crippen molar-refractivity contribution in [3.8, 4) is 18.1 Å². The van der Waals surface area contributed by atoms with E-state index in [1.54, 1.807) is 7.11 Å². The van der Waals surface area contributed by atoms with Crippen LogP contribution in [0.3, 0.4) is 0 Å². The minimum Gasteiger partial charge on any atom is -0.497 e. The van der Waals surface area contributed by atoms with Crippen LogP contribution in [0.1, 0.15) is 43.9 Å².